The molecule has 3 unspecified atom stereocenters. The van der Waals surface area contributed by atoms with Crippen molar-refractivity contribution in [1.29, 1.82) is 0 Å². The van der Waals surface area contributed by atoms with E-state index >= 15 is 0 Å². The van der Waals surface area contributed by atoms with Gasteiger partial charge in [0.1, 0.15) is 11.4 Å². The number of hydrogen-bond donors (Lipinski definition) is 0. The van der Waals surface area contributed by atoms with Gasteiger partial charge >= 0.3 is 0 Å². The summed E-state index contributed by atoms with van der Waals surface area (Å²) in [4.78, 5) is 20.7. The van der Waals surface area contributed by atoms with Crippen molar-refractivity contribution in [2.45, 2.75) is 65.3 Å². The Morgan fingerprint density at radius 1 is 1.21 bits per heavy atom. The average Bonchev–Trinajstić information content (AvgIpc) is 3.28. The lowest BCUT2D eigenvalue weighted by atomic mass is 9.65. The van der Waals surface area contributed by atoms with Gasteiger partial charge in [-0.05, 0) is 72.4 Å². The summed E-state index contributed by atoms with van der Waals surface area (Å²) in [5.41, 5.74) is 4.73. The van der Waals surface area contributed by atoms with Gasteiger partial charge in [0, 0.05) is 37.3 Å². The Balaban J connectivity index is 1.50. The van der Waals surface area contributed by atoms with E-state index < -0.39 is 0 Å². The van der Waals surface area contributed by atoms with Crippen molar-refractivity contribution in [2.75, 3.05) is 13.7 Å². The van der Waals surface area contributed by atoms with Gasteiger partial charge < -0.3 is 14.0 Å². The summed E-state index contributed by atoms with van der Waals surface area (Å²) in [5, 5.41) is 0. The highest BCUT2D eigenvalue weighted by Crippen LogP contribution is 2.52. The van der Waals surface area contributed by atoms with Gasteiger partial charge in [0.2, 0.25) is 5.91 Å². The van der Waals surface area contributed by atoms with Crippen molar-refractivity contribution in [2.24, 2.45) is 10.8 Å². The third kappa shape index (κ3) is 4.14. The van der Waals surface area contributed by atoms with E-state index in [4.69, 9.17) is 4.74 Å². The Morgan fingerprint density at radius 2 is 2.03 bits per heavy atom. The van der Waals surface area contributed by atoms with Crippen molar-refractivity contribution in [3.8, 4) is 5.75 Å². The van der Waals surface area contributed by atoms with Gasteiger partial charge in [0.25, 0.3) is 0 Å². The smallest absolute Gasteiger partial charge is 0.223 e. The van der Waals surface area contributed by atoms with Gasteiger partial charge in [0.15, 0.2) is 0 Å². The second-order valence-corrected chi connectivity index (χ2v) is 11.4. The predicted molar refractivity (Wildman–Crippen MR) is 131 cm³/mol. The number of carbonyl (C=O) groups excluding carboxylic acids is 1. The van der Waals surface area contributed by atoms with Crippen LogP contribution in [0.3, 0.4) is 0 Å². The van der Waals surface area contributed by atoms with E-state index in [-0.39, 0.29) is 17.2 Å². The van der Waals surface area contributed by atoms with Crippen LogP contribution in [0.15, 0.2) is 48.8 Å². The largest absolute Gasteiger partial charge is 0.497 e. The average molecular weight is 446 g/mol. The lowest BCUT2D eigenvalue weighted by Gasteiger charge is -2.39. The number of nitrogens with zero attached hydrogens (tertiary/aromatic N) is 3. The minimum absolute atomic E-state index is 0.0911. The first-order valence-electron chi connectivity index (χ1n) is 12.0. The van der Waals surface area contributed by atoms with E-state index in [9.17, 15) is 4.79 Å². The Bertz CT molecular complexity index is 1200. The van der Waals surface area contributed by atoms with Crippen molar-refractivity contribution in [3.63, 3.8) is 0 Å². The van der Waals surface area contributed by atoms with Crippen molar-refractivity contribution in [1.82, 2.24) is 14.3 Å². The highest BCUT2D eigenvalue weighted by molar-refractivity contribution is 5.78. The number of likely N-dealkylation sites (tertiary alicyclic amines) is 1. The van der Waals surface area contributed by atoms with E-state index in [1.54, 1.807) is 7.11 Å². The number of amides is 1. The van der Waals surface area contributed by atoms with Crippen LogP contribution < -0.4 is 4.74 Å². The Labute approximate surface area is 196 Å². The van der Waals surface area contributed by atoms with Crippen LogP contribution in [0.1, 0.15) is 69.2 Å². The number of hydrogen-bond acceptors (Lipinski definition) is 3. The Morgan fingerprint density at radius 3 is 2.82 bits per heavy atom. The number of pyridine rings is 1. The van der Waals surface area contributed by atoms with Gasteiger partial charge in [0.05, 0.1) is 12.8 Å². The lowest BCUT2D eigenvalue weighted by molar-refractivity contribution is -0.132. The first-order chi connectivity index (χ1) is 15.7. The molecule has 3 atom stereocenters. The standard InChI is InChI=1S/C28H35N3O2/c1-19-9-10-30-24(16-29-25(30)11-19)23(20-7-6-8-22(12-20)33-5)13-26(32)31-18-28(4)15-21(31)14-27(2,3)17-28/h6-12,16,21,23H,13-15,17-18H2,1-5H3. The van der Waals surface area contributed by atoms with Crippen LogP contribution in [0.5, 0.6) is 5.75 Å². The maximum absolute atomic E-state index is 13.8. The first kappa shape index (κ1) is 22.0. The number of imidazole rings is 1. The van der Waals surface area contributed by atoms with E-state index in [1.165, 1.54) is 12.0 Å². The second-order valence-electron chi connectivity index (χ2n) is 11.4. The summed E-state index contributed by atoms with van der Waals surface area (Å²) in [6.07, 6.45) is 7.83. The highest BCUT2D eigenvalue weighted by Gasteiger charge is 2.51. The van der Waals surface area contributed by atoms with Crippen LogP contribution in [0.25, 0.3) is 5.65 Å². The number of fused-ring (bicyclic) bond motifs is 3. The fourth-order valence-corrected chi connectivity index (χ4v) is 6.65. The zero-order valence-electron chi connectivity index (χ0n) is 20.5. The summed E-state index contributed by atoms with van der Waals surface area (Å²) < 4.78 is 7.63. The summed E-state index contributed by atoms with van der Waals surface area (Å²) in [6, 6.07) is 12.6. The minimum atomic E-state index is -0.0911. The molecule has 2 aromatic heterocycles. The molecule has 1 aromatic carbocycles. The molecule has 5 rings (SSSR count). The molecule has 1 aliphatic carbocycles. The summed E-state index contributed by atoms with van der Waals surface area (Å²) in [6.45, 7) is 10.0. The molecule has 0 N–H and O–H groups in total. The van der Waals surface area contributed by atoms with Crippen molar-refractivity contribution >= 4 is 11.6 Å². The number of aryl methyl sites for hydroxylation is 1. The SMILES string of the molecule is COc1cccc(C(CC(=O)N2CC3(C)CC2CC(C)(C)C3)c2cnc3cc(C)ccn23)c1. The molecule has 1 saturated heterocycles. The molecule has 2 bridgehead atoms. The number of aromatic nitrogens is 2. The molecule has 3 heterocycles. The van der Waals surface area contributed by atoms with Crippen LogP contribution in [0.2, 0.25) is 0 Å². The molecule has 0 radical (unpaired) electrons. The quantitative estimate of drug-likeness (QED) is 0.513. The Kier molecular flexibility index (Phi) is 5.26. The number of methoxy groups -OCH3 is 1. The fraction of sp³-hybridized carbons (Fsp3) is 0.500. The molecule has 1 amide bonds. The van der Waals surface area contributed by atoms with Gasteiger partial charge in [-0.1, -0.05) is 32.9 Å². The molecule has 174 valence electrons. The van der Waals surface area contributed by atoms with Crippen LogP contribution in [0, 0.1) is 17.8 Å². The molecular weight excluding hydrogens is 410 g/mol. The monoisotopic (exact) mass is 445 g/mol. The second kappa shape index (κ2) is 7.89. The molecule has 1 aliphatic heterocycles. The first-order valence-corrected chi connectivity index (χ1v) is 12.0. The number of carbonyl (C=O) groups is 1. The zero-order valence-corrected chi connectivity index (χ0v) is 20.5. The van der Waals surface area contributed by atoms with Gasteiger partial charge in [-0.25, -0.2) is 4.98 Å². The number of benzene rings is 1. The summed E-state index contributed by atoms with van der Waals surface area (Å²) in [5.74, 6) is 0.962. The van der Waals surface area contributed by atoms with Gasteiger partial charge in [-0.2, -0.15) is 0 Å². The number of rotatable bonds is 5. The van der Waals surface area contributed by atoms with E-state index in [0.29, 0.717) is 17.9 Å². The van der Waals surface area contributed by atoms with Gasteiger partial charge in [-0.15, -0.1) is 0 Å². The normalized spacial score (nSPS) is 24.8. The maximum atomic E-state index is 13.8. The van der Waals surface area contributed by atoms with Crippen molar-refractivity contribution in [3.05, 3.63) is 65.6 Å². The molecule has 0 spiro atoms. The van der Waals surface area contributed by atoms with Gasteiger partial charge in [-0.3, -0.25) is 4.79 Å². The molecule has 1 saturated carbocycles. The molecule has 5 heteroatoms. The molecule has 2 fully saturated rings. The molecule has 3 aromatic rings. The van der Waals surface area contributed by atoms with E-state index in [1.807, 2.05) is 18.3 Å². The fourth-order valence-electron chi connectivity index (χ4n) is 6.65. The number of ether oxygens (including phenoxy) is 1. The van der Waals surface area contributed by atoms with Crippen LogP contribution >= 0.6 is 0 Å². The third-order valence-electron chi connectivity index (χ3n) is 7.66. The topological polar surface area (TPSA) is 46.8 Å². The van der Waals surface area contributed by atoms with Crippen LogP contribution in [-0.2, 0) is 4.79 Å². The van der Waals surface area contributed by atoms with Crippen LogP contribution in [0.4, 0.5) is 0 Å². The summed E-state index contributed by atoms with van der Waals surface area (Å²) in [7, 11) is 1.68. The lowest BCUT2D eigenvalue weighted by Crippen LogP contribution is -2.38. The van der Waals surface area contributed by atoms with Crippen molar-refractivity contribution < 1.29 is 9.53 Å². The maximum Gasteiger partial charge on any atom is 0.223 e. The van der Waals surface area contributed by atoms with Crippen LogP contribution in [-0.4, -0.2) is 39.9 Å². The third-order valence-corrected chi connectivity index (χ3v) is 7.66. The molecule has 5 nitrogen and oxygen atoms in total. The predicted octanol–water partition coefficient (Wildman–Crippen LogP) is 5.60. The molecule has 2 aliphatic rings. The zero-order chi connectivity index (χ0) is 23.4. The Hall–Kier alpha value is -2.82. The minimum Gasteiger partial charge on any atom is -0.497 e. The molecular formula is C28H35N3O2. The van der Waals surface area contributed by atoms with E-state index in [0.717, 1.165) is 42.0 Å². The van der Waals surface area contributed by atoms with E-state index in [2.05, 4.69) is 72.4 Å². The summed E-state index contributed by atoms with van der Waals surface area (Å²) >= 11 is 0. The molecule has 33 heavy (non-hydrogen) atoms. The highest BCUT2D eigenvalue weighted by atomic mass is 16.5.